The van der Waals surface area contributed by atoms with Gasteiger partial charge < -0.3 is 5.32 Å². The predicted octanol–water partition coefficient (Wildman–Crippen LogP) is 3.05. The summed E-state index contributed by atoms with van der Waals surface area (Å²) >= 11 is 0. The van der Waals surface area contributed by atoms with E-state index in [1.807, 2.05) is 42.5 Å². The molecule has 2 aromatic rings. The van der Waals surface area contributed by atoms with Crippen LogP contribution in [0.5, 0.6) is 0 Å². The van der Waals surface area contributed by atoms with Gasteiger partial charge in [-0.2, -0.15) is 5.10 Å². The second kappa shape index (κ2) is 7.77. The Bertz CT molecular complexity index is 673. The SMILES string of the molecule is O=C(CCc1n[nH]c2c1CCCC2)NCC=Cc1ccccc1. The zero-order valence-electron chi connectivity index (χ0n) is 13.3. The molecule has 1 aromatic carbocycles. The lowest BCUT2D eigenvalue weighted by molar-refractivity contribution is -0.120. The molecule has 23 heavy (non-hydrogen) atoms. The molecule has 0 fully saturated rings. The summed E-state index contributed by atoms with van der Waals surface area (Å²) in [6.45, 7) is 0.562. The molecule has 0 bridgehead atoms. The Balaban J connectivity index is 1.41. The highest BCUT2D eigenvalue weighted by molar-refractivity contribution is 5.76. The summed E-state index contributed by atoms with van der Waals surface area (Å²) in [5.41, 5.74) is 4.85. The van der Waals surface area contributed by atoms with E-state index < -0.39 is 0 Å². The molecule has 4 nitrogen and oxygen atoms in total. The summed E-state index contributed by atoms with van der Waals surface area (Å²) in [5.74, 6) is 0.0790. The van der Waals surface area contributed by atoms with Crippen LogP contribution in [0.2, 0.25) is 0 Å². The summed E-state index contributed by atoms with van der Waals surface area (Å²) in [7, 11) is 0. The van der Waals surface area contributed by atoms with Crippen molar-refractivity contribution in [1.82, 2.24) is 15.5 Å². The number of aromatic amines is 1. The van der Waals surface area contributed by atoms with Crippen molar-refractivity contribution in [3.63, 3.8) is 0 Å². The number of fused-ring (bicyclic) bond motifs is 1. The van der Waals surface area contributed by atoms with Gasteiger partial charge in [-0.1, -0.05) is 42.5 Å². The molecule has 0 spiro atoms. The largest absolute Gasteiger partial charge is 0.353 e. The fourth-order valence-corrected chi connectivity index (χ4v) is 3.01. The fourth-order valence-electron chi connectivity index (χ4n) is 3.01. The second-order valence-electron chi connectivity index (χ2n) is 5.95. The normalized spacial score (nSPS) is 13.9. The predicted molar refractivity (Wildman–Crippen MR) is 92.0 cm³/mol. The van der Waals surface area contributed by atoms with E-state index in [0.29, 0.717) is 13.0 Å². The van der Waals surface area contributed by atoms with E-state index in [0.717, 1.165) is 30.5 Å². The van der Waals surface area contributed by atoms with Gasteiger partial charge in [-0.25, -0.2) is 0 Å². The monoisotopic (exact) mass is 309 g/mol. The van der Waals surface area contributed by atoms with Crippen LogP contribution in [0.25, 0.3) is 6.08 Å². The highest BCUT2D eigenvalue weighted by atomic mass is 16.1. The van der Waals surface area contributed by atoms with E-state index in [-0.39, 0.29) is 5.91 Å². The number of amides is 1. The topological polar surface area (TPSA) is 57.8 Å². The minimum atomic E-state index is 0.0790. The molecule has 0 saturated carbocycles. The smallest absolute Gasteiger partial charge is 0.220 e. The zero-order valence-corrected chi connectivity index (χ0v) is 13.3. The van der Waals surface area contributed by atoms with Crippen molar-refractivity contribution in [3.8, 4) is 0 Å². The molecule has 3 rings (SSSR count). The maximum absolute atomic E-state index is 11.9. The van der Waals surface area contributed by atoms with Crippen LogP contribution in [-0.2, 0) is 24.1 Å². The number of hydrogen-bond donors (Lipinski definition) is 2. The maximum Gasteiger partial charge on any atom is 0.220 e. The third-order valence-corrected chi connectivity index (χ3v) is 4.26. The maximum atomic E-state index is 11.9. The van der Waals surface area contributed by atoms with E-state index >= 15 is 0 Å². The molecule has 0 unspecified atom stereocenters. The van der Waals surface area contributed by atoms with Gasteiger partial charge in [0.05, 0.1) is 5.69 Å². The number of H-pyrrole nitrogens is 1. The van der Waals surface area contributed by atoms with Crippen LogP contribution in [0, 0.1) is 0 Å². The molecular weight excluding hydrogens is 286 g/mol. The first-order valence-electron chi connectivity index (χ1n) is 8.36. The van der Waals surface area contributed by atoms with E-state index in [1.165, 1.54) is 24.1 Å². The van der Waals surface area contributed by atoms with Crippen LogP contribution in [-0.4, -0.2) is 22.6 Å². The number of benzene rings is 1. The van der Waals surface area contributed by atoms with E-state index in [9.17, 15) is 4.79 Å². The Hall–Kier alpha value is -2.36. The Kier molecular flexibility index (Phi) is 5.25. The van der Waals surface area contributed by atoms with Gasteiger partial charge >= 0.3 is 0 Å². The molecule has 0 atom stereocenters. The minimum absolute atomic E-state index is 0.0790. The van der Waals surface area contributed by atoms with Crippen molar-refractivity contribution in [3.05, 3.63) is 58.9 Å². The van der Waals surface area contributed by atoms with Gasteiger partial charge in [-0.05, 0) is 36.8 Å². The highest BCUT2D eigenvalue weighted by Crippen LogP contribution is 2.22. The minimum Gasteiger partial charge on any atom is -0.353 e. The summed E-state index contributed by atoms with van der Waals surface area (Å²) in [5, 5.41) is 10.4. The quantitative estimate of drug-likeness (QED) is 0.861. The summed E-state index contributed by atoms with van der Waals surface area (Å²) in [6, 6.07) is 10.1. The standard InChI is InChI=1S/C19H23N3O/c23-19(20-14-6-9-15-7-2-1-3-8-15)13-12-18-16-10-4-5-11-17(16)21-22-18/h1-3,6-9H,4-5,10-14H2,(H,20,23)(H,21,22). The number of carbonyl (C=O) groups excluding carboxylic acids is 1. The Morgan fingerprint density at radius 2 is 2.04 bits per heavy atom. The molecule has 0 radical (unpaired) electrons. The number of nitrogens with zero attached hydrogens (tertiary/aromatic N) is 1. The Morgan fingerprint density at radius 3 is 2.91 bits per heavy atom. The van der Waals surface area contributed by atoms with Crippen molar-refractivity contribution in [2.75, 3.05) is 6.54 Å². The first-order chi connectivity index (χ1) is 11.3. The zero-order chi connectivity index (χ0) is 15.9. The van der Waals surface area contributed by atoms with Crippen molar-refractivity contribution >= 4 is 12.0 Å². The molecule has 1 aromatic heterocycles. The fraction of sp³-hybridized carbons (Fsp3) is 0.368. The molecular formula is C19H23N3O. The Morgan fingerprint density at radius 1 is 1.22 bits per heavy atom. The molecule has 1 amide bonds. The van der Waals surface area contributed by atoms with Crippen LogP contribution >= 0.6 is 0 Å². The van der Waals surface area contributed by atoms with Gasteiger partial charge in [-0.15, -0.1) is 0 Å². The molecule has 0 aliphatic heterocycles. The lowest BCUT2D eigenvalue weighted by atomic mass is 9.95. The van der Waals surface area contributed by atoms with E-state index in [1.54, 1.807) is 0 Å². The van der Waals surface area contributed by atoms with Gasteiger partial charge in [0.1, 0.15) is 0 Å². The van der Waals surface area contributed by atoms with Crippen LogP contribution in [0.4, 0.5) is 0 Å². The van der Waals surface area contributed by atoms with Crippen LogP contribution < -0.4 is 5.32 Å². The second-order valence-corrected chi connectivity index (χ2v) is 5.95. The van der Waals surface area contributed by atoms with Crippen molar-refractivity contribution in [1.29, 1.82) is 0 Å². The summed E-state index contributed by atoms with van der Waals surface area (Å²) < 4.78 is 0. The molecule has 2 N–H and O–H groups in total. The average molecular weight is 309 g/mol. The number of carbonyl (C=O) groups is 1. The van der Waals surface area contributed by atoms with Crippen LogP contribution in [0.1, 0.15) is 41.8 Å². The van der Waals surface area contributed by atoms with Crippen molar-refractivity contribution in [2.45, 2.75) is 38.5 Å². The van der Waals surface area contributed by atoms with Crippen molar-refractivity contribution in [2.24, 2.45) is 0 Å². The van der Waals surface area contributed by atoms with Crippen LogP contribution in [0.3, 0.4) is 0 Å². The lowest BCUT2D eigenvalue weighted by Gasteiger charge is -2.10. The molecule has 1 aliphatic carbocycles. The van der Waals surface area contributed by atoms with Crippen LogP contribution in [0.15, 0.2) is 36.4 Å². The van der Waals surface area contributed by atoms with E-state index in [2.05, 4.69) is 15.5 Å². The number of hydrogen-bond acceptors (Lipinski definition) is 2. The average Bonchev–Trinajstić information content (AvgIpc) is 3.01. The van der Waals surface area contributed by atoms with E-state index in [4.69, 9.17) is 0 Å². The summed E-state index contributed by atoms with van der Waals surface area (Å²) in [6.07, 6.45) is 9.88. The first kappa shape index (κ1) is 15.5. The number of rotatable bonds is 6. The molecule has 1 heterocycles. The number of aryl methyl sites for hydroxylation is 2. The van der Waals surface area contributed by atoms with Crippen molar-refractivity contribution < 1.29 is 4.79 Å². The summed E-state index contributed by atoms with van der Waals surface area (Å²) in [4.78, 5) is 11.9. The number of aromatic nitrogens is 2. The first-order valence-corrected chi connectivity index (χ1v) is 8.36. The highest BCUT2D eigenvalue weighted by Gasteiger charge is 2.16. The third-order valence-electron chi connectivity index (χ3n) is 4.26. The molecule has 1 aliphatic rings. The van der Waals surface area contributed by atoms with Gasteiger partial charge in [0.2, 0.25) is 5.91 Å². The molecule has 0 saturated heterocycles. The third kappa shape index (κ3) is 4.31. The van der Waals surface area contributed by atoms with Gasteiger partial charge in [-0.3, -0.25) is 9.89 Å². The van der Waals surface area contributed by atoms with Gasteiger partial charge in [0.25, 0.3) is 0 Å². The number of nitrogens with one attached hydrogen (secondary N) is 2. The Labute approximate surface area is 137 Å². The van der Waals surface area contributed by atoms with Gasteiger partial charge in [0, 0.05) is 25.1 Å². The lowest BCUT2D eigenvalue weighted by Crippen LogP contribution is -2.23. The van der Waals surface area contributed by atoms with Gasteiger partial charge in [0.15, 0.2) is 0 Å². The molecule has 120 valence electrons. The molecule has 4 heteroatoms.